The van der Waals surface area contributed by atoms with Crippen molar-refractivity contribution >= 4 is 29.2 Å². The number of ether oxygens (including phenoxy) is 1. The third kappa shape index (κ3) is 4.53. The molecular weight excluding hydrogens is 442 g/mol. The average Bonchev–Trinajstić information content (AvgIpc) is 3.51. The SMILES string of the molecule is CC(c1cnc(OCC(F)F)c(Cl)c1)N1C(=O)c2ccnc(NC(=O)CC3CC3)c2C1C. The number of hydrogen-bond acceptors (Lipinski definition) is 5. The lowest BCUT2D eigenvalue weighted by atomic mass is 10.1. The van der Waals surface area contributed by atoms with Gasteiger partial charge in [-0.3, -0.25) is 9.59 Å². The van der Waals surface area contributed by atoms with Crippen LogP contribution in [0.25, 0.3) is 0 Å². The van der Waals surface area contributed by atoms with Gasteiger partial charge in [-0.25, -0.2) is 18.7 Å². The molecule has 2 amide bonds. The van der Waals surface area contributed by atoms with Crippen molar-refractivity contribution in [2.45, 2.75) is 51.6 Å². The number of fused-ring (bicyclic) bond motifs is 1. The topological polar surface area (TPSA) is 84.4 Å². The highest BCUT2D eigenvalue weighted by Crippen LogP contribution is 2.43. The molecule has 1 fully saturated rings. The molecule has 10 heteroatoms. The molecule has 1 aliphatic heterocycles. The summed E-state index contributed by atoms with van der Waals surface area (Å²) < 4.78 is 29.7. The Morgan fingerprint density at radius 2 is 2.12 bits per heavy atom. The molecular formula is C22H23ClF2N4O3. The number of carbonyl (C=O) groups is 2. The Morgan fingerprint density at radius 3 is 2.78 bits per heavy atom. The Labute approximate surface area is 189 Å². The molecule has 0 saturated heterocycles. The van der Waals surface area contributed by atoms with Crippen molar-refractivity contribution in [2.24, 2.45) is 5.92 Å². The minimum Gasteiger partial charge on any atom is -0.471 e. The van der Waals surface area contributed by atoms with E-state index in [-0.39, 0.29) is 28.8 Å². The minimum absolute atomic E-state index is 0.0847. The summed E-state index contributed by atoms with van der Waals surface area (Å²) in [5.74, 6) is 0.448. The van der Waals surface area contributed by atoms with Gasteiger partial charge in [0.15, 0.2) is 6.61 Å². The molecule has 0 bridgehead atoms. The molecule has 2 unspecified atom stereocenters. The highest BCUT2D eigenvalue weighted by molar-refractivity contribution is 6.31. The fourth-order valence-electron chi connectivity index (χ4n) is 3.99. The highest BCUT2D eigenvalue weighted by Gasteiger charge is 2.40. The monoisotopic (exact) mass is 464 g/mol. The van der Waals surface area contributed by atoms with Gasteiger partial charge in [-0.05, 0) is 50.3 Å². The summed E-state index contributed by atoms with van der Waals surface area (Å²) in [7, 11) is 0. The standard InChI is InChI=1S/C22H23ClF2N4O3/c1-11(14-8-16(23)21(27-9-14)32-10-17(24)25)29-12(2)19-15(22(29)31)5-6-26-20(19)28-18(30)7-13-3-4-13/h5-6,8-9,11-13,17H,3-4,7,10H2,1-2H3,(H,26,28,30). The molecule has 0 spiro atoms. The molecule has 2 aromatic rings. The van der Waals surface area contributed by atoms with E-state index in [1.54, 1.807) is 17.0 Å². The van der Waals surface area contributed by atoms with E-state index in [4.69, 9.17) is 16.3 Å². The third-order valence-corrected chi connectivity index (χ3v) is 6.06. The summed E-state index contributed by atoms with van der Waals surface area (Å²) in [5, 5.41) is 2.95. The first-order valence-electron chi connectivity index (χ1n) is 10.4. The number of rotatable bonds is 8. The maximum atomic E-state index is 13.2. The van der Waals surface area contributed by atoms with Gasteiger partial charge < -0.3 is 15.0 Å². The maximum absolute atomic E-state index is 13.2. The number of anilines is 1. The Morgan fingerprint density at radius 1 is 1.38 bits per heavy atom. The van der Waals surface area contributed by atoms with Crippen LogP contribution in [0.2, 0.25) is 5.02 Å². The Kier molecular flexibility index (Phi) is 6.28. The second-order valence-electron chi connectivity index (χ2n) is 8.14. The number of pyridine rings is 2. The third-order valence-electron chi connectivity index (χ3n) is 5.79. The van der Waals surface area contributed by atoms with Crippen LogP contribution in [0, 0.1) is 5.92 Å². The number of hydrogen-bond donors (Lipinski definition) is 1. The van der Waals surface area contributed by atoms with Crippen LogP contribution in [0.4, 0.5) is 14.6 Å². The number of nitrogens with zero attached hydrogens (tertiary/aromatic N) is 3. The fourth-order valence-corrected chi connectivity index (χ4v) is 4.22. The van der Waals surface area contributed by atoms with Gasteiger partial charge in [0.25, 0.3) is 12.3 Å². The molecule has 2 aromatic heterocycles. The van der Waals surface area contributed by atoms with Crippen LogP contribution >= 0.6 is 11.6 Å². The second kappa shape index (κ2) is 8.97. The van der Waals surface area contributed by atoms with Crippen LogP contribution in [-0.4, -0.2) is 39.7 Å². The molecule has 0 radical (unpaired) electrons. The van der Waals surface area contributed by atoms with Crippen LogP contribution < -0.4 is 10.1 Å². The van der Waals surface area contributed by atoms with Crippen molar-refractivity contribution in [3.05, 3.63) is 46.2 Å². The van der Waals surface area contributed by atoms with Crippen LogP contribution in [0.3, 0.4) is 0 Å². The van der Waals surface area contributed by atoms with E-state index in [9.17, 15) is 18.4 Å². The molecule has 32 heavy (non-hydrogen) atoms. The molecule has 4 rings (SSSR count). The zero-order chi connectivity index (χ0) is 23.0. The summed E-state index contributed by atoms with van der Waals surface area (Å²) in [6.07, 6.45) is 2.92. The quantitative estimate of drug-likeness (QED) is 0.607. The van der Waals surface area contributed by atoms with Gasteiger partial charge in [-0.2, -0.15) is 0 Å². The predicted molar refractivity (Wildman–Crippen MR) is 114 cm³/mol. The van der Waals surface area contributed by atoms with E-state index in [2.05, 4.69) is 15.3 Å². The van der Waals surface area contributed by atoms with Crippen molar-refractivity contribution in [1.29, 1.82) is 0 Å². The van der Waals surface area contributed by atoms with Gasteiger partial charge in [0.1, 0.15) is 10.8 Å². The summed E-state index contributed by atoms with van der Waals surface area (Å²) in [4.78, 5) is 35.5. The molecule has 170 valence electrons. The predicted octanol–water partition coefficient (Wildman–Crippen LogP) is 4.79. The molecule has 1 N–H and O–H groups in total. The molecule has 1 aliphatic carbocycles. The van der Waals surface area contributed by atoms with Crippen molar-refractivity contribution in [2.75, 3.05) is 11.9 Å². The molecule has 2 aliphatic rings. The highest BCUT2D eigenvalue weighted by atomic mass is 35.5. The van der Waals surface area contributed by atoms with Gasteiger partial charge >= 0.3 is 0 Å². The van der Waals surface area contributed by atoms with E-state index < -0.39 is 19.1 Å². The molecule has 7 nitrogen and oxygen atoms in total. The summed E-state index contributed by atoms with van der Waals surface area (Å²) in [6, 6.07) is 2.42. The van der Waals surface area contributed by atoms with E-state index in [0.29, 0.717) is 34.8 Å². The van der Waals surface area contributed by atoms with Gasteiger partial charge in [0.05, 0.1) is 17.6 Å². The number of halogens is 3. The second-order valence-corrected chi connectivity index (χ2v) is 8.55. The lowest BCUT2D eigenvalue weighted by Crippen LogP contribution is -2.30. The van der Waals surface area contributed by atoms with Crippen molar-refractivity contribution in [3.63, 3.8) is 0 Å². The fraction of sp³-hybridized carbons (Fsp3) is 0.455. The van der Waals surface area contributed by atoms with Crippen LogP contribution in [-0.2, 0) is 4.79 Å². The Bertz CT molecular complexity index is 1050. The summed E-state index contributed by atoms with van der Waals surface area (Å²) >= 11 is 6.16. The average molecular weight is 465 g/mol. The molecule has 2 atom stereocenters. The number of nitrogens with one attached hydrogen (secondary N) is 1. The smallest absolute Gasteiger partial charge is 0.272 e. The van der Waals surface area contributed by atoms with Gasteiger partial charge in [-0.15, -0.1) is 0 Å². The Hall–Kier alpha value is -2.81. The number of carbonyl (C=O) groups excluding carboxylic acids is 2. The minimum atomic E-state index is -2.64. The number of aromatic nitrogens is 2. The van der Waals surface area contributed by atoms with Crippen molar-refractivity contribution in [3.8, 4) is 5.88 Å². The largest absolute Gasteiger partial charge is 0.471 e. The lowest BCUT2D eigenvalue weighted by Gasteiger charge is -2.29. The summed E-state index contributed by atoms with van der Waals surface area (Å²) in [6.45, 7) is 2.89. The first-order chi connectivity index (χ1) is 15.3. The van der Waals surface area contributed by atoms with E-state index in [1.165, 1.54) is 12.4 Å². The number of amides is 2. The van der Waals surface area contributed by atoms with Gasteiger partial charge in [0.2, 0.25) is 11.8 Å². The van der Waals surface area contributed by atoms with E-state index in [1.807, 2.05) is 13.8 Å². The van der Waals surface area contributed by atoms with E-state index >= 15 is 0 Å². The molecule has 1 saturated carbocycles. The molecule has 0 aromatic carbocycles. The zero-order valence-electron chi connectivity index (χ0n) is 17.6. The lowest BCUT2D eigenvalue weighted by molar-refractivity contribution is -0.116. The maximum Gasteiger partial charge on any atom is 0.272 e. The zero-order valence-corrected chi connectivity index (χ0v) is 18.4. The van der Waals surface area contributed by atoms with Crippen molar-refractivity contribution in [1.82, 2.24) is 14.9 Å². The van der Waals surface area contributed by atoms with E-state index in [0.717, 1.165) is 12.8 Å². The Balaban J connectivity index is 1.55. The van der Waals surface area contributed by atoms with Crippen molar-refractivity contribution < 1.29 is 23.1 Å². The first kappa shape index (κ1) is 22.4. The summed E-state index contributed by atoms with van der Waals surface area (Å²) in [5.41, 5.74) is 1.78. The van der Waals surface area contributed by atoms with Crippen LogP contribution in [0.5, 0.6) is 5.88 Å². The van der Waals surface area contributed by atoms with Gasteiger partial charge in [0, 0.05) is 24.4 Å². The molecule has 3 heterocycles. The number of alkyl halides is 2. The van der Waals surface area contributed by atoms with Crippen LogP contribution in [0.15, 0.2) is 24.5 Å². The normalized spacial score (nSPS) is 18.6. The van der Waals surface area contributed by atoms with Gasteiger partial charge in [-0.1, -0.05) is 11.6 Å². The van der Waals surface area contributed by atoms with Crippen LogP contribution in [0.1, 0.15) is 66.7 Å². The first-order valence-corrected chi connectivity index (χ1v) is 10.8.